The zero-order valence-electron chi connectivity index (χ0n) is 10.3. The van der Waals surface area contributed by atoms with Crippen LogP contribution in [0.2, 0.25) is 0 Å². The number of hydrogen-bond acceptors (Lipinski definition) is 4. The molecule has 2 aromatic heterocycles. The smallest absolute Gasteiger partial charge is 0.0692 e. The average molecular weight is 234 g/mol. The molecule has 2 aromatic rings. The van der Waals surface area contributed by atoms with Crippen molar-refractivity contribution in [3.8, 4) is 0 Å². The molecule has 6 heteroatoms. The van der Waals surface area contributed by atoms with E-state index in [4.69, 9.17) is 0 Å². The summed E-state index contributed by atoms with van der Waals surface area (Å²) in [5.74, 6) is 0. The van der Waals surface area contributed by atoms with E-state index in [0.29, 0.717) is 0 Å². The van der Waals surface area contributed by atoms with Crippen molar-refractivity contribution in [3.63, 3.8) is 0 Å². The Labute approximate surface area is 101 Å². The van der Waals surface area contributed by atoms with Crippen LogP contribution >= 0.6 is 0 Å². The molecule has 0 aromatic carbocycles. The summed E-state index contributed by atoms with van der Waals surface area (Å²) in [6.45, 7) is 4.65. The molecule has 0 saturated heterocycles. The van der Waals surface area contributed by atoms with Gasteiger partial charge in [-0.1, -0.05) is 12.1 Å². The van der Waals surface area contributed by atoms with Crippen molar-refractivity contribution in [1.82, 2.24) is 30.1 Å². The van der Waals surface area contributed by atoms with Crippen LogP contribution in [-0.4, -0.2) is 31.3 Å². The highest BCUT2D eigenvalue weighted by atomic mass is 15.4. The van der Waals surface area contributed by atoms with Gasteiger partial charge in [0, 0.05) is 26.3 Å². The molecule has 0 unspecified atom stereocenters. The molecule has 0 radical (unpaired) electrons. The van der Waals surface area contributed by atoms with E-state index in [2.05, 4.69) is 33.7 Å². The maximum Gasteiger partial charge on any atom is 0.0692 e. The Bertz CT molecular complexity index is 444. The van der Waals surface area contributed by atoms with Crippen molar-refractivity contribution < 1.29 is 0 Å². The van der Waals surface area contributed by atoms with Gasteiger partial charge < -0.3 is 5.32 Å². The predicted octanol–water partition coefficient (Wildman–Crippen LogP) is 0.364. The standard InChI is InChI=1S/C11H18N6/c1-3-10-8-11(16(2)14-10)9-12-4-6-17-7-5-13-15-17/h5,7-8,12H,3-4,6,9H2,1-2H3. The minimum absolute atomic E-state index is 0.832. The number of nitrogens with one attached hydrogen (secondary N) is 1. The molecule has 2 heterocycles. The van der Waals surface area contributed by atoms with Gasteiger partial charge in [-0.2, -0.15) is 5.10 Å². The molecule has 0 spiro atoms. The molecule has 1 N–H and O–H groups in total. The van der Waals surface area contributed by atoms with Crippen LogP contribution in [0.4, 0.5) is 0 Å². The zero-order valence-corrected chi connectivity index (χ0v) is 10.3. The summed E-state index contributed by atoms with van der Waals surface area (Å²) in [6, 6.07) is 2.14. The van der Waals surface area contributed by atoms with Crippen LogP contribution < -0.4 is 5.32 Å². The van der Waals surface area contributed by atoms with Crippen LogP contribution in [0.15, 0.2) is 18.5 Å². The van der Waals surface area contributed by atoms with Crippen LogP contribution in [0.25, 0.3) is 0 Å². The van der Waals surface area contributed by atoms with Crippen LogP contribution in [0.3, 0.4) is 0 Å². The lowest BCUT2D eigenvalue weighted by Gasteiger charge is -2.04. The molecule has 0 bridgehead atoms. The van der Waals surface area contributed by atoms with E-state index < -0.39 is 0 Å². The SMILES string of the molecule is CCc1cc(CNCCn2ccnn2)n(C)n1. The van der Waals surface area contributed by atoms with Crippen molar-refractivity contribution in [3.05, 3.63) is 29.8 Å². The molecule has 0 aliphatic heterocycles. The van der Waals surface area contributed by atoms with E-state index in [-0.39, 0.29) is 0 Å². The Balaban J connectivity index is 1.76. The van der Waals surface area contributed by atoms with Gasteiger partial charge in [-0.3, -0.25) is 9.36 Å². The third-order valence-corrected chi connectivity index (χ3v) is 2.69. The van der Waals surface area contributed by atoms with Gasteiger partial charge in [0.2, 0.25) is 0 Å². The molecule has 2 rings (SSSR count). The van der Waals surface area contributed by atoms with Gasteiger partial charge in [-0.25, -0.2) is 0 Å². The fourth-order valence-corrected chi connectivity index (χ4v) is 1.67. The van der Waals surface area contributed by atoms with Gasteiger partial charge in [-0.15, -0.1) is 5.10 Å². The number of nitrogens with zero attached hydrogens (tertiary/aromatic N) is 5. The van der Waals surface area contributed by atoms with Gasteiger partial charge >= 0.3 is 0 Å². The molecule has 17 heavy (non-hydrogen) atoms. The molecular weight excluding hydrogens is 216 g/mol. The van der Waals surface area contributed by atoms with Crippen molar-refractivity contribution in [1.29, 1.82) is 0 Å². The zero-order chi connectivity index (χ0) is 12.1. The summed E-state index contributed by atoms with van der Waals surface area (Å²) in [5, 5.41) is 15.4. The Morgan fingerprint density at radius 2 is 2.29 bits per heavy atom. The number of rotatable bonds is 6. The van der Waals surface area contributed by atoms with Crippen molar-refractivity contribution >= 4 is 0 Å². The van der Waals surface area contributed by atoms with E-state index in [1.165, 1.54) is 5.69 Å². The van der Waals surface area contributed by atoms with Crippen LogP contribution in [-0.2, 0) is 26.6 Å². The predicted molar refractivity (Wildman–Crippen MR) is 64.3 cm³/mol. The minimum Gasteiger partial charge on any atom is -0.309 e. The third-order valence-electron chi connectivity index (χ3n) is 2.69. The van der Waals surface area contributed by atoms with Gasteiger partial charge in [0.25, 0.3) is 0 Å². The molecule has 0 fully saturated rings. The molecule has 0 aliphatic carbocycles. The highest BCUT2D eigenvalue weighted by molar-refractivity contribution is 5.09. The van der Waals surface area contributed by atoms with E-state index >= 15 is 0 Å². The first kappa shape index (κ1) is 11.8. The Morgan fingerprint density at radius 1 is 1.41 bits per heavy atom. The molecule has 0 amide bonds. The topological polar surface area (TPSA) is 60.6 Å². The van der Waals surface area contributed by atoms with E-state index in [0.717, 1.165) is 31.7 Å². The maximum absolute atomic E-state index is 4.41. The van der Waals surface area contributed by atoms with Crippen LogP contribution in [0, 0.1) is 0 Å². The van der Waals surface area contributed by atoms with E-state index in [1.807, 2.05) is 22.6 Å². The Hall–Kier alpha value is -1.69. The summed E-state index contributed by atoms with van der Waals surface area (Å²) in [4.78, 5) is 0. The lowest BCUT2D eigenvalue weighted by molar-refractivity contribution is 0.530. The van der Waals surface area contributed by atoms with Crippen molar-refractivity contribution in [2.24, 2.45) is 7.05 Å². The second kappa shape index (κ2) is 5.58. The molecule has 0 saturated carbocycles. The Kier molecular flexibility index (Phi) is 3.87. The summed E-state index contributed by atoms with van der Waals surface area (Å²) in [5.41, 5.74) is 2.35. The lowest BCUT2D eigenvalue weighted by Crippen LogP contribution is -2.21. The summed E-state index contributed by atoms with van der Waals surface area (Å²) in [7, 11) is 1.98. The molecule has 92 valence electrons. The highest BCUT2D eigenvalue weighted by Gasteiger charge is 2.02. The van der Waals surface area contributed by atoms with Gasteiger partial charge in [-0.05, 0) is 12.5 Å². The van der Waals surface area contributed by atoms with E-state index in [1.54, 1.807) is 6.20 Å². The summed E-state index contributed by atoms with van der Waals surface area (Å²) >= 11 is 0. The number of hydrogen-bond donors (Lipinski definition) is 1. The van der Waals surface area contributed by atoms with E-state index in [9.17, 15) is 0 Å². The van der Waals surface area contributed by atoms with Crippen LogP contribution in [0.1, 0.15) is 18.3 Å². The minimum atomic E-state index is 0.832. The number of aromatic nitrogens is 5. The quantitative estimate of drug-likeness (QED) is 0.733. The fraction of sp³-hybridized carbons (Fsp3) is 0.545. The van der Waals surface area contributed by atoms with Gasteiger partial charge in [0.05, 0.1) is 24.1 Å². The van der Waals surface area contributed by atoms with Gasteiger partial charge in [0.1, 0.15) is 0 Å². The number of aryl methyl sites for hydroxylation is 2. The monoisotopic (exact) mass is 234 g/mol. The van der Waals surface area contributed by atoms with Crippen molar-refractivity contribution in [2.75, 3.05) is 6.54 Å². The Morgan fingerprint density at radius 3 is 2.94 bits per heavy atom. The normalized spacial score (nSPS) is 10.9. The second-order valence-electron chi connectivity index (χ2n) is 3.95. The molecule has 6 nitrogen and oxygen atoms in total. The molecule has 0 atom stereocenters. The highest BCUT2D eigenvalue weighted by Crippen LogP contribution is 2.03. The first-order valence-electron chi connectivity index (χ1n) is 5.86. The molecule has 0 aliphatic rings. The van der Waals surface area contributed by atoms with Gasteiger partial charge in [0.15, 0.2) is 0 Å². The first-order chi connectivity index (χ1) is 8.29. The average Bonchev–Trinajstić information content (AvgIpc) is 2.94. The summed E-state index contributed by atoms with van der Waals surface area (Å²) in [6.07, 6.45) is 4.53. The maximum atomic E-state index is 4.41. The van der Waals surface area contributed by atoms with Crippen LogP contribution in [0.5, 0.6) is 0 Å². The largest absolute Gasteiger partial charge is 0.309 e. The first-order valence-corrected chi connectivity index (χ1v) is 5.86. The van der Waals surface area contributed by atoms with Crippen molar-refractivity contribution in [2.45, 2.75) is 26.4 Å². The molecular formula is C11H18N6. The summed E-state index contributed by atoms with van der Waals surface area (Å²) < 4.78 is 3.75. The lowest BCUT2D eigenvalue weighted by atomic mass is 10.3. The fourth-order valence-electron chi connectivity index (χ4n) is 1.67. The second-order valence-corrected chi connectivity index (χ2v) is 3.95. The third kappa shape index (κ3) is 3.13.